The average molecular weight is 345 g/mol. The van der Waals surface area contributed by atoms with Gasteiger partial charge in [-0.05, 0) is 38.1 Å². The molecule has 1 aliphatic rings. The smallest absolute Gasteiger partial charge is 0.309 e. The van der Waals surface area contributed by atoms with Crippen LogP contribution in [-0.4, -0.2) is 46.5 Å². The van der Waals surface area contributed by atoms with E-state index in [4.69, 9.17) is 5.11 Å². The number of aromatic nitrogens is 1. The number of amides is 1. The van der Waals surface area contributed by atoms with Crippen molar-refractivity contribution in [3.05, 3.63) is 35.3 Å². The normalized spacial score (nSPS) is 14.7. The van der Waals surface area contributed by atoms with Gasteiger partial charge in [-0.3, -0.25) is 14.5 Å². The van der Waals surface area contributed by atoms with Crippen molar-refractivity contribution in [3.8, 4) is 10.6 Å². The fourth-order valence-corrected chi connectivity index (χ4v) is 3.57. The van der Waals surface area contributed by atoms with Gasteiger partial charge in [0, 0.05) is 16.6 Å². The molecule has 1 aromatic carbocycles. The number of thiazole rings is 1. The number of carboxylic acids is 1. The van der Waals surface area contributed by atoms with Gasteiger partial charge in [0.05, 0.1) is 18.7 Å². The summed E-state index contributed by atoms with van der Waals surface area (Å²) in [6.45, 7) is 2.39. The molecule has 1 aliphatic heterocycles. The fourth-order valence-electron chi connectivity index (χ4n) is 2.75. The Labute approximate surface area is 144 Å². The average Bonchev–Trinajstić information content (AvgIpc) is 3.18. The Hall–Kier alpha value is -2.25. The summed E-state index contributed by atoms with van der Waals surface area (Å²) in [5.41, 5.74) is 2.15. The van der Waals surface area contributed by atoms with Crippen LogP contribution in [0.5, 0.6) is 0 Å². The van der Waals surface area contributed by atoms with Crippen LogP contribution in [-0.2, 0) is 16.0 Å². The van der Waals surface area contributed by atoms with Crippen LogP contribution in [0.1, 0.15) is 18.5 Å². The molecule has 0 bridgehead atoms. The molecule has 6 nitrogen and oxygen atoms in total. The van der Waals surface area contributed by atoms with Crippen LogP contribution in [0, 0.1) is 0 Å². The van der Waals surface area contributed by atoms with Gasteiger partial charge in [-0.25, -0.2) is 4.98 Å². The lowest BCUT2D eigenvalue weighted by molar-refractivity contribution is -0.136. The zero-order chi connectivity index (χ0) is 16.9. The summed E-state index contributed by atoms with van der Waals surface area (Å²) in [6, 6.07) is 7.47. The maximum atomic E-state index is 12.1. The number of anilines is 1. The summed E-state index contributed by atoms with van der Waals surface area (Å²) in [7, 11) is 0. The number of carbonyl (C=O) groups is 2. The van der Waals surface area contributed by atoms with E-state index in [0.717, 1.165) is 42.2 Å². The van der Waals surface area contributed by atoms with Gasteiger partial charge in [0.1, 0.15) is 5.01 Å². The third-order valence-electron chi connectivity index (χ3n) is 3.84. The molecule has 126 valence electrons. The van der Waals surface area contributed by atoms with Gasteiger partial charge in [0.2, 0.25) is 5.91 Å². The van der Waals surface area contributed by atoms with E-state index in [9.17, 15) is 9.59 Å². The quantitative estimate of drug-likeness (QED) is 0.840. The van der Waals surface area contributed by atoms with E-state index in [-0.39, 0.29) is 12.3 Å². The van der Waals surface area contributed by atoms with Crippen molar-refractivity contribution in [2.24, 2.45) is 0 Å². The number of benzene rings is 1. The second-order valence-electron chi connectivity index (χ2n) is 5.83. The molecule has 24 heavy (non-hydrogen) atoms. The number of hydrogen-bond acceptors (Lipinski definition) is 5. The number of aliphatic carboxylic acids is 1. The minimum absolute atomic E-state index is 0.0141. The van der Waals surface area contributed by atoms with Crippen molar-refractivity contribution in [2.45, 2.75) is 19.3 Å². The molecule has 0 atom stereocenters. The van der Waals surface area contributed by atoms with Crippen LogP contribution in [0.25, 0.3) is 10.6 Å². The number of hydrogen-bond donors (Lipinski definition) is 2. The Morgan fingerprint density at radius 1 is 1.29 bits per heavy atom. The van der Waals surface area contributed by atoms with Crippen molar-refractivity contribution < 1.29 is 14.7 Å². The molecule has 7 heteroatoms. The maximum absolute atomic E-state index is 12.1. The van der Waals surface area contributed by atoms with Gasteiger partial charge < -0.3 is 10.4 Å². The molecule has 0 saturated carbocycles. The van der Waals surface area contributed by atoms with E-state index in [0.29, 0.717) is 12.2 Å². The monoisotopic (exact) mass is 345 g/mol. The highest BCUT2D eigenvalue weighted by molar-refractivity contribution is 7.13. The van der Waals surface area contributed by atoms with E-state index in [1.807, 2.05) is 24.3 Å². The van der Waals surface area contributed by atoms with Crippen molar-refractivity contribution in [3.63, 3.8) is 0 Å². The molecule has 1 saturated heterocycles. The van der Waals surface area contributed by atoms with Gasteiger partial charge in [0.15, 0.2) is 0 Å². The first-order chi connectivity index (χ1) is 11.6. The van der Waals surface area contributed by atoms with E-state index < -0.39 is 5.97 Å². The Morgan fingerprint density at radius 3 is 2.83 bits per heavy atom. The molecule has 0 radical (unpaired) electrons. The minimum Gasteiger partial charge on any atom is -0.481 e. The van der Waals surface area contributed by atoms with Crippen LogP contribution < -0.4 is 5.32 Å². The predicted molar refractivity (Wildman–Crippen MR) is 93.2 cm³/mol. The molecule has 1 fully saturated rings. The van der Waals surface area contributed by atoms with Crippen LogP contribution in [0.4, 0.5) is 5.69 Å². The van der Waals surface area contributed by atoms with E-state index in [2.05, 4.69) is 15.2 Å². The van der Waals surface area contributed by atoms with E-state index >= 15 is 0 Å². The molecule has 0 spiro atoms. The Kier molecular flexibility index (Phi) is 5.22. The van der Waals surface area contributed by atoms with Crippen molar-refractivity contribution in [2.75, 3.05) is 25.0 Å². The lowest BCUT2D eigenvalue weighted by Gasteiger charge is -2.14. The van der Waals surface area contributed by atoms with E-state index in [1.54, 1.807) is 5.38 Å². The minimum atomic E-state index is -0.894. The summed E-state index contributed by atoms with van der Waals surface area (Å²) in [5, 5.41) is 14.2. The summed E-state index contributed by atoms with van der Waals surface area (Å²) in [4.78, 5) is 29.3. The van der Waals surface area contributed by atoms with Crippen LogP contribution >= 0.6 is 11.3 Å². The third kappa shape index (κ3) is 4.39. The topological polar surface area (TPSA) is 82.5 Å². The van der Waals surface area contributed by atoms with Gasteiger partial charge in [-0.15, -0.1) is 11.3 Å². The molecule has 2 aromatic rings. The summed E-state index contributed by atoms with van der Waals surface area (Å²) >= 11 is 1.40. The Morgan fingerprint density at radius 2 is 2.08 bits per heavy atom. The largest absolute Gasteiger partial charge is 0.481 e. The molecule has 1 aromatic heterocycles. The fraction of sp³-hybridized carbons (Fsp3) is 0.353. The second-order valence-corrected chi connectivity index (χ2v) is 6.68. The molecular weight excluding hydrogens is 326 g/mol. The SMILES string of the molecule is O=C(O)Cc1csc(-c2cccc(NC(=O)CN3CCCC3)c2)n1. The van der Waals surface area contributed by atoms with Crippen molar-refractivity contribution >= 4 is 28.9 Å². The number of carbonyl (C=O) groups excluding carboxylic acids is 1. The lowest BCUT2D eigenvalue weighted by atomic mass is 10.2. The predicted octanol–water partition coefficient (Wildman–Crippen LogP) is 2.47. The molecule has 2 heterocycles. The third-order valence-corrected chi connectivity index (χ3v) is 4.78. The zero-order valence-corrected chi connectivity index (χ0v) is 14.0. The lowest BCUT2D eigenvalue weighted by Crippen LogP contribution is -2.30. The molecule has 2 N–H and O–H groups in total. The van der Waals surface area contributed by atoms with Crippen LogP contribution in [0.2, 0.25) is 0 Å². The first-order valence-electron chi connectivity index (χ1n) is 7.89. The summed E-state index contributed by atoms with van der Waals surface area (Å²) < 4.78 is 0. The highest BCUT2D eigenvalue weighted by atomic mass is 32.1. The highest BCUT2D eigenvalue weighted by Crippen LogP contribution is 2.26. The Balaban J connectivity index is 1.66. The molecule has 1 amide bonds. The Bertz CT molecular complexity index is 738. The maximum Gasteiger partial charge on any atom is 0.309 e. The standard InChI is InChI=1S/C17H19N3O3S/c21-15(10-20-6-1-2-7-20)18-13-5-3-4-12(8-13)17-19-14(11-24-17)9-16(22)23/h3-5,8,11H,1-2,6-7,9-10H2,(H,18,21)(H,22,23). The number of rotatable bonds is 6. The van der Waals surface area contributed by atoms with Crippen LogP contribution in [0.3, 0.4) is 0 Å². The van der Waals surface area contributed by atoms with E-state index in [1.165, 1.54) is 11.3 Å². The first kappa shape index (κ1) is 16.6. The second kappa shape index (κ2) is 7.55. The van der Waals surface area contributed by atoms with Crippen LogP contribution in [0.15, 0.2) is 29.6 Å². The molecule has 3 rings (SSSR count). The van der Waals surface area contributed by atoms with Crippen molar-refractivity contribution in [1.29, 1.82) is 0 Å². The van der Waals surface area contributed by atoms with Gasteiger partial charge in [-0.1, -0.05) is 12.1 Å². The van der Waals surface area contributed by atoms with Gasteiger partial charge in [0.25, 0.3) is 0 Å². The number of nitrogens with zero attached hydrogens (tertiary/aromatic N) is 2. The number of nitrogens with one attached hydrogen (secondary N) is 1. The first-order valence-corrected chi connectivity index (χ1v) is 8.77. The number of carboxylic acid groups (broad SMARTS) is 1. The summed E-state index contributed by atoms with van der Waals surface area (Å²) in [5.74, 6) is -0.908. The van der Waals surface area contributed by atoms with Gasteiger partial charge in [-0.2, -0.15) is 0 Å². The molecule has 0 unspecified atom stereocenters. The van der Waals surface area contributed by atoms with Gasteiger partial charge >= 0.3 is 5.97 Å². The summed E-state index contributed by atoms with van der Waals surface area (Å²) in [6.07, 6.45) is 2.24. The zero-order valence-electron chi connectivity index (χ0n) is 13.2. The van der Waals surface area contributed by atoms with Crippen molar-refractivity contribution in [1.82, 2.24) is 9.88 Å². The molecule has 0 aliphatic carbocycles. The highest BCUT2D eigenvalue weighted by Gasteiger charge is 2.15. The molecular formula is C17H19N3O3S. The number of likely N-dealkylation sites (tertiary alicyclic amines) is 1.